The van der Waals surface area contributed by atoms with Gasteiger partial charge in [-0.25, -0.2) is 0 Å². The molecule has 9 nitrogen and oxygen atoms in total. The van der Waals surface area contributed by atoms with Crippen LogP contribution >= 0.6 is 11.8 Å². The zero-order chi connectivity index (χ0) is 25.9. The highest BCUT2D eigenvalue weighted by Gasteiger charge is 2.45. The van der Waals surface area contributed by atoms with Gasteiger partial charge in [0.15, 0.2) is 5.92 Å². The minimum atomic E-state index is -0.927. The predicted octanol–water partition coefficient (Wildman–Crippen LogP) is 2.40. The lowest BCUT2D eigenvalue weighted by molar-refractivity contribution is -0.131. The first-order valence-corrected chi connectivity index (χ1v) is 13.9. The first-order valence-electron chi connectivity index (χ1n) is 12.9. The van der Waals surface area contributed by atoms with E-state index < -0.39 is 22.4 Å². The van der Waals surface area contributed by atoms with E-state index in [2.05, 4.69) is 21.6 Å². The summed E-state index contributed by atoms with van der Waals surface area (Å²) >= 11 is 1.37. The number of nitrogens with one attached hydrogen (secondary N) is 2. The third kappa shape index (κ3) is 7.61. The van der Waals surface area contributed by atoms with E-state index in [4.69, 9.17) is 5.73 Å². The highest BCUT2D eigenvalue weighted by atomic mass is 32.2. The van der Waals surface area contributed by atoms with Gasteiger partial charge < -0.3 is 26.2 Å². The fourth-order valence-corrected chi connectivity index (χ4v) is 6.15. The molecule has 2 saturated heterocycles. The Morgan fingerprint density at radius 2 is 1.86 bits per heavy atom. The summed E-state index contributed by atoms with van der Waals surface area (Å²) in [5.41, 5.74) is 6.46. The molecule has 2 aliphatic heterocycles. The number of hydrogen-bond donors (Lipinski definition) is 3. The van der Waals surface area contributed by atoms with Crippen molar-refractivity contribution >= 4 is 35.2 Å². The molecule has 0 aromatic heterocycles. The van der Waals surface area contributed by atoms with Crippen molar-refractivity contribution in [1.29, 1.82) is 5.26 Å². The first kappa shape index (κ1) is 27.8. The van der Waals surface area contributed by atoms with Gasteiger partial charge in [-0.3, -0.25) is 14.4 Å². The fourth-order valence-electron chi connectivity index (χ4n) is 4.68. The Labute approximate surface area is 218 Å². The molecule has 2 aliphatic rings. The second kappa shape index (κ2) is 14.1. The molecule has 1 aromatic rings. The van der Waals surface area contributed by atoms with Crippen molar-refractivity contribution in [3.05, 3.63) is 29.8 Å². The average molecular weight is 515 g/mol. The van der Waals surface area contributed by atoms with Crippen LogP contribution in [0, 0.1) is 17.2 Å². The molecule has 3 amide bonds. The van der Waals surface area contributed by atoms with Crippen LogP contribution in [0.2, 0.25) is 0 Å². The van der Waals surface area contributed by atoms with Gasteiger partial charge in [0.2, 0.25) is 17.7 Å². The third-order valence-electron chi connectivity index (χ3n) is 6.65. The van der Waals surface area contributed by atoms with E-state index in [1.165, 1.54) is 37.4 Å². The van der Waals surface area contributed by atoms with E-state index in [1.54, 1.807) is 29.2 Å². The van der Waals surface area contributed by atoms with Crippen LogP contribution in [0.15, 0.2) is 24.3 Å². The zero-order valence-electron chi connectivity index (χ0n) is 21.1. The molecule has 3 rings (SSSR count). The molecule has 0 saturated carbocycles. The maximum Gasteiger partial charge on any atom is 0.248 e. The van der Waals surface area contributed by atoms with Crippen molar-refractivity contribution < 1.29 is 14.4 Å². The van der Waals surface area contributed by atoms with Gasteiger partial charge in [-0.15, -0.1) is 11.8 Å². The van der Waals surface area contributed by atoms with Crippen LogP contribution in [0.3, 0.4) is 0 Å². The lowest BCUT2D eigenvalue weighted by Crippen LogP contribution is -2.45. The molecular weight excluding hydrogens is 476 g/mol. The maximum absolute atomic E-state index is 13.1. The van der Waals surface area contributed by atoms with Crippen molar-refractivity contribution in [3.8, 4) is 6.07 Å². The zero-order valence-corrected chi connectivity index (χ0v) is 21.9. The third-order valence-corrected chi connectivity index (χ3v) is 8.15. The van der Waals surface area contributed by atoms with E-state index in [1.807, 2.05) is 6.92 Å². The summed E-state index contributed by atoms with van der Waals surface area (Å²) in [5, 5.41) is 15.1. The van der Waals surface area contributed by atoms with Gasteiger partial charge >= 0.3 is 0 Å². The van der Waals surface area contributed by atoms with Crippen molar-refractivity contribution in [2.24, 2.45) is 11.7 Å². The van der Waals surface area contributed by atoms with Crippen LogP contribution in [0.1, 0.15) is 55.8 Å². The van der Waals surface area contributed by atoms with E-state index in [0.29, 0.717) is 25.2 Å². The number of rotatable bonds is 12. The minimum Gasteiger partial charge on any atom is -0.383 e. The van der Waals surface area contributed by atoms with Crippen LogP contribution in [0.25, 0.3) is 0 Å². The average Bonchev–Trinajstić information content (AvgIpc) is 3.03. The number of thioether (sulfide) groups is 1. The molecule has 3 unspecified atom stereocenters. The molecule has 196 valence electrons. The topological polar surface area (TPSA) is 132 Å². The van der Waals surface area contributed by atoms with Gasteiger partial charge in [0.25, 0.3) is 0 Å². The SMILES string of the molecule is CCCN1C(=O)C(CNc2ccc(C(N)=O)cc2)SC1C(C#N)C(=O)NCCCN1CCCCCC1. The van der Waals surface area contributed by atoms with Gasteiger partial charge in [0.05, 0.1) is 6.07 Å². The van der Waals surface area contributed by atoms with Crippen molar-refractivity contribution in [3.63, 3.8) is 0 Å². The number of benzene rings is 1. The lowest BCUT2D eigenvalue weighted by atomic mass is 10.1. The first-order chi connectivity index (χ1) is 17.4. The molecule has 2 heterocycles. The van der Waals surface area contributed by atoms with Gasteiger partial charge in [0.1, 0.15) is 10.6 Å². The summed E-state index contributed by atoms with van der Waals surface area (Å²) in [5.74, 6) is -1.80. The molecule has 10 heteroatoms. The number of anilines is 1. The summed E-state index contributed by atoms with van der Waals surface area (Å²) in [6.45, 7) is 6.54. The molecule has 0 bridgehead atoms. The highest BCUT2D eigenvalue weighted by Crippen LogP contribution is 2.36. The molecule has 36 heavy (non-hydrogen) atoms. The summed E-state index contributed by atoms with van der Waals surface area (Å²) in [6.07, 6.45) is 6.64. The summed E-state index contributed by atoms with van der Waals surface area (Å²) in [7, 11) is 0. The second-order valence-electron chi connectivity index (χ2n) is 9.38. The molecule has 3 atom stereocenters. The highest BCUT2D eigenvalue weighted by molar-refractivity contribution is 8.01. The molecule has 2 fully saturated rings. The maximum atomic E-state index is 13.1. The van der Waals surface area contributed by atoms with E-state index in [-0.39, 0.29) is 11.8 Å². The largest absolute Gasteiger partial charge is 0.383 e. The minimum absolute atomic E-state index is 0.0673. The summed E-state index contributed by atoms with van der Waals surface area (Å²) in [4.78, 5) is 41.5. The van der Waals surface area contributed by atoms with E-state index in [0.717, 1.165) is 38.2 Å². The normalized spacial score (nSPS) is 21.4. The second-order valence-corrected chi connectivity index (χ2v) is 10.7. The van der Waals surface area contributed by atoms with Crippen LogP contribution in [-0.2, 0) is 9.59 Å². The Balaban J connectivity index is 1.54. The Morgan fingerprint density at radius 1 is 1.17 bits per heavy atom. The number of nitrogens with two attached hydrogens (primary N) is 1. The van der Waals surface area contributed by atoms with Gasteiger partial charge in [0, 0.05) is 30.9 Å². The quantitative estimate of drug-likeness (QED) is 0.365. The number of carbonyl (C=O) groups excluding carboxylic acids is 3. The number of primary amides is 1. The number of likely N-dealkylation sites (tertiary alicyclic amines) is 1. The molecule has 0 radical (unpaired) electrons. The standard InChI is InChI=1S/C26H38N6O3S/c1-2-13-32-25(35)22(18-30-20-10-8-19(9-11-20)23(28)33)36-26(32)21(17-27)24(34)29-12-7-16-31-14-5-3-4-6-15-31/h8-11,21-22,26,30H,2-7,12-16,18H2,1H3,(H2,28,33)(H,29,34). The van der Waals surface area contributed by atoms with Crippen molar-refractivity contribution in [2.45, 2.75) is 56.1 Å². The van der Waals surface area contributed by atoms with Gasteiger partial charge in [-0.1, -0.05) is 19.8 Å². The summed E-state index contributed by atoms with van der Waals surface area (Å²) in [6, 6.07) is 8.90. The molecule has 0 spiro atoms. The lowest BCUT2D eigenvalue weighted by Gasteiger charge is -2.26. The fraction of sp³-hybridized carbons (Fsp3) is 0.615. The van der Waals surface area contributed by atoms with Crippen molar-refractivity contribution in [2.75, 3.05) is 44.6 Å². The molecule has 0 aliphatic carbocycles. The molecule has 1 aromatic carbocycles. The van der Waals surface area contributed by atoms with Gasteiger partial charge in [-0.2, -0.15) is 5.26 Å². The number of carbonyl (C=O) groups is 3. The Bertz CT molecular complexity index is 927. The predicted molar refractivity (Wildman–Crippen MR) is 142 cm³/mol. The van der Waals surface area contributed by atoms with Crippen molar-refractivity contribution in [1.82, 2.24) is 15.1 Å². The molecular formula is C26H38N6O3S. The van der Waals surface area contributed by atoms with Crippen LogP contribution in [0.5, 0.6) is 0 Å². The van der Waals surface area contributed by atoms with Crippen LogP contribution in [0.4, 0.5) is 5.69 Å². The van der Waals surface area contributed by atoms with Gasteiger partial charge in [-0.05, 0) is 69.6 Å². The number of amides is 3. The summed E-state index contributed by atoms with van der Waals surface area (Å²) < 4.78 is 0. The molecule has 4 N–H and O–H groups in total. The number of nitrogens with zero attached hydrogens (tertiary/aromatic N) is 3. The Hall–Kier alpha value is -2.77. The smallest absolute Gasteiger partial charge is 0.248 e. The van der Waals surface area contributed by atoms with Crippen LogP contribution < -0.4 is 16.4 Å². The number of hydrogen-bond acceptors (Lipinski definition) is 7. The Morgan fingerprint density at radius 3 is 2.47 bits per heavy atom. The van der Waals surface area contributed by atoms with E-state index >= 15 is 0 Å². The monoisotopic (exact) mass is 514 g/mol. The van der Waals surface area contributed by atoms with Crippen LogP contribution in [-0.4, -0.2) is 77.4 Å². The number of nitriles is 1. The Kier molecular flexibility index (Phi) is 10.9. The van der Waals surface area contributed by atoms with E-state index in [9.17, 15) is 19.6 Å².